The molecular weight excluding hydrogens is 350 g/mol. The minimum absolute atomic E-state index is 0.0751. The number of ether oxygens (including phenoxy) is 1. The lowest BCUT2D eigenvalue weighted by atomic mass is 9.99. The van der Waals surface area contributed by atoms with E-state index in [0.29, 0.717) is 23.4 Å². The average molecular weight is 373 g/mol. The zero-order valence-electron chi connectivity index (χ0n) is 15.7. The van der Waals surface area contributed by atoms with Crippen molar-refractivity contribution in [3.63, 3.8) is 0 Å². The molecule has 1 aliphatic heterocycles. The second kappa shape index (κ2) is 7.42. The predicted octanol–water partition coefficient (Wildman–Crippen LogP) is 2.22. The average Bonchev–Trinajstić information content (AvgIpc) is 3.03. The van der Waals surface area contributed by atoms with Gasteiger partial charge in [0.1, 0.15) is 11.3 Å². The molecule has 7 nitrogen and oxygen atoms in total. The van der Waals surface area contributed by atoms with Gasteiger partial charge in [-0.25, -0.2) is 4.79 Å². The second-order valence-electron chi connectivity index (χ2n) is 7.08. The minimum atomic E-state index is -0.876. The van der Waals surface area contributed by atoms with Crippen LogP contribution < -0.4 is 10.4 Å². The molecule has 27 heavy (non-hydrogen) atoms. The maximum Gasteiger partial charge on any atom is 0.339 e. The summed E-state index contributed by atoms with van der Waals surface area (Å²) >= 11 is 0. The number of carboxylic acid groups (broad SMARTS) is 1. The summed E-state index contributed by atoms with van der Waals surface area (Å²) in [5, 5.41) is 10.0. The lowest BCUT2D eigenvalue weighted by molar-refractivity contribution is -0.142. The van der Waals surface area contributed by atoms with Crippen molar-refractivity contribution in [2.24, 2.45) is 11.8 Å². The van der Waals surface area contributed by atoms with E-state index in [1.807, 2.05) is 19.9 Å². The Balaban J connectivity index is 1.76. The van der Waals surface area contributed by atoms with E-state index in [4.69, 9.17) is 9.15 Å². The summed E-state index contributed by atoms with van der Waals surface area (Å²) in [5.74, 6) is -1.02. The fourth-order valence-corrected chi connectivity index (χ4v) is 3.67. The summed E-state index contributed by atoms with van der Waals surface area (Å²) < 4.78 is 10.5. The van der Waals surface area contributed by atoms with E-state index in [9.17, 15) is 19.5 Å². The summed E-state index contributed by atoms with van der Waals surface area (Å²) in [4.78, 5) is 37.7. The summed E-state index contributed by atoms with van der Waals surface area (Å²) in [5.41, 5.74) is 1.25. The number of carbonyl (C=O) groups is 2. The smallest absolute Gasteiger partial charge is 0.339 e. The normalized spacial score (nSPS) is 19.4. The van der Waals surface area contributed by atoms with Gasteiger partial charge in [0.25, 0.3) is 0 Å². The Morgan fingerprint density at radius 2 is 2.07 bits per heavy atom. The van der Waals surface area contributed by atoms with Crippen LogP contribution in [0.25, 0.3) is 11.0 Å². The van der Waals surface area contributed by atoms with Gasteiger partial charge < -0.3 is 19.2 Å². The van der Waals surface area contributed by atoms with Crippen molar-refractivity contribution in [2.45, 2.75) is 26.7 Å². The molecule has 7 heteroatoms. The van der Waals surface area contributed by atoms with Crippen molar-refractivity contribution in [2.75, 3.05) is 20.2 Å². The van der Waals surface area contributed by atoms with Crippen LogP contribution in [0.3, 0.4) is 0 Å². The van der Waals surface area contributed by atoms with Gasteiger partial charge in [0.05, 0.1) is 13.0 Å². The van der Waals surface area contributed by atoms with Crippen LogP contribution in [0.4, 0.5) is 0 Å². The van der Waals surface area contributed by atoms with Gasteiger partial charge in [0.2, 0.25) is 5.91 Å². The molecule has 0 saturated carbocycles. The Kier molecular flexibility index (Phi) is 5.21. The van der Waals surface area contributed by atoms with Crippen LogP contribution in [0.15, 0.2) is 27.4 Å². The topological polar surface area (TPSA) is 97.0 Å². The minimum Gasteiger partial charge on any atom is -0.497 e. The number of hydrogen-bond donors (Lipinski definition) is 1. The summed E-state index contributed by atoms with van der Waals surface area (Å²) in [6, 6.07) is 5.29. The first kappa shape index (κ1) is 18.9. The third kappa shape index (κ3) is 3.67. The first-order chi connectivity index (χ1) is 12.8. The van der Waals surface area contributed by atoms with Crippen molar-refractivity contribution in [1.29, 1.82) is 0 Å². The summed E-state index contributed by atoms with van der Waals surface area (Å²) in [7, 11) is 1.54. The molecule has 0 radical (unpaired) electrons. The van der Waals surface area contributed by atoms with Crippen LogP contribution in [-0.4, -0.2) is 42.1 Å². The monoisotopic (exact) mass is 373 g/mol. The van der Waals surface area contributed by atoms with E-state index in [0.717, 1.165) is 10.9 Å². The Bertz CT molecular complexity index is 947. The molecule has 2 aromatic rings. The lowest BCUT2D eigenvalue weighted by Gasteiger charge is -2.16. The Hall–Kier alpha value is -2.83. The van der Waals surface area contributed by atoms with E-state index in [2.05, 4.69) is 0 Å². The zero-order chi connectivity index (χ0) is 19.7. The first-order valence-electron chi connectivity index (χ1n) is 8.92. The van der Waals surface area contributed by atoms with Gasteiger partial charge in [-0.2, -0.15) is 0 Å². The highest BCUT2D eigenvalue weighted by molar-refractivity contribution is 5.83. The highest BCUT2D eigenvalue weighted by Crippen LogP contribution is 2.26. The molecule has 1 fully saturated rings. The number of benzene rings is 1. The van der Waals surface area contributed by atoms with E-state index >= 15 is 0 Å². The highest BCUT2D eigenvalue weighted by Gasteiger charge is 2.36. The molecule has 1 saturated heterocycles. The first-order valence-corrected chi connectivity index (χ1v) is 8.92. The van der Waals surface area contributed by atoms with Gasteiger partial charge in [0, 0.05) is 36.5 Å². The molecule has 0 aliphatic carbocycles. The SMILES string of the molecule is COc1ccc2c(C)c(CCC(=O)N3C[C@@H](C)[C@H](C(=O)O)C3)c(=O)oc2c1. The molecule has 1 amide bonds. The van der Waals surface area contributed by atoms with Gasteiger partial charge in [0.15, 0.2) is 0 Å². The number of hydrogen-bond acceptors (Lipinski definition) is 5. The number of carboxylic acids is 1. The third-order valence-electron chi connectivity index (χ3n) is 5.37. The maximum absolute atomic E-state index is 12.5. The number of rotatable bonds is 5. The number of likely N-dealkylation sites (tertiary alicyclic amines) is 1. The third-order valence-corrected chi connectivity index (χ3v) is 5.37. The fraction of sp³-hybridized carbons (Fsp3) is 0.450. The Morgan fingerprint density at radius 3 is 2.70 bits per heavy atom. The number of aliphatic carboxylic acids is 1. The van der Waals surface area contributed by atoms with Crippen molar-refractivity contribution in [3.8, 4) is 5.75 Å². The van der Waals surface area contributed by atoms with E-state index in [1.165, 1.54) is 0 Å². The number of methoxy groups -OCH3 is 1. The molecule has 0 unspecified atom stereocenters. The standard InChI is InChI=1S/C20H23NO6/c1-11-9-21(10-16(11)19(23)24)18(22)7-6-15-12(2)14-5-4-13(26-3)8-17(14)27-20(15)25/h4-5,8,11,16H,6-7,9-10H2,1-3H3,(H,23,24)/t11-,16-/m1/s1. The Labute approximate surface area is 156 Å². The fourth-order valence-electron chi connectivity index (χ4n) is 3.67. The molecule has 144 valence electrons. The van der Waals surface area contributed by atoms with Crippen LogP contribution in [-0.2, 0) is 16.0 Å². The quantitative estimate of drug-likeness (QED) is 0.807. The van der Waals surface area contributed by atoms with Gasteiger partial charge in [-0.3, -0.25) is 9.59 Å². The molecule has 2 atom stereocenters. The summed E-state index contributed by atoms with van der Waals surface area (Å²) in [6.07, 6.45) is 0.407. The largest absolute Gasteiger partial charge is 0.497 e. The molecule has 1 aromatic carbocycles. The van der Waals surface area contributed by atoms with Crippen molar-refractivity contribution in [3.05, 3.63) is 39.7 Å². The number of fused-ring (bicyclic) bond motifs is 1. The summed E-state index contributed by atoms with van der Waals surface area (Å²) in [6.45, 7) is 4.33. The molecule has 2 heterocycles. The number of carbonyl (C=O) groups excluding carboxylic acids is 1. The number of amides is 1. The molecule has 1 N–H and O–H groups in total. The van der Waals surface area contributed by atoms with Crippen LogP contribution in [0.5, 0.6) is 5.75 Å². The van der Waals surface area contributed by atoms with Gasteiger partial charge in [-0.1, -0.05) is 6.92 Å². The Morgan fingerprint density at radius 1 is 1.33 bits per heavy atom. The zero-order valence-corrected chi connectivity index (χ0v) is 15.7. The van der Waals surface area contributed by atoms with Gasteiger partial charge in [-0.15, -0.1) is 0 Å². The van der Waals surface area contributed by atoms with Crippen molar-refractivity contribution in [1.82, 2.24) is 4.90 Å². The molecule has 0 bridgehead atoms. The van der Waals surface area contributed by atoms with Gasteiger partial charge >= 0.3 is 11.6 Å². The molecule has 0 spiro atoms. The van der Waals surface area contributed by atoms with Crippen molar-refractivity contribution < 1.29 is 23.8 Å². The van der Waals surface area contributed by atoms with Crippen LogP contribution >= 0.6 is 0 Å². The predicted molar refractivity (Wildman–Crippen MR) is 99.0 cm³/mol. The van der Waals surface area contributed by atoms with E-state index in [1.54, 1.807) is 24.1 Å². The van der Waals surface area contributed by atoms with E-state index < -0.39 is 17.5 Å². The van der Waals surface area contributed by atoms with Crippen molar-refractivity contribution >= 4 is 22.8 Å². The molecule has 3 rings (SSSR count). The molecule has 1 aliphatic rings. The van der Waals surface area contributed by atoms with Crippen LogP contribution in [0.1, 0.15) is 24.5 Å². The van der Waals surface area contributed by atoms with E-state index in [-0.39, 0.29) is 31.2 Å². The second-order valence-corrected chi connectivity index (χ2v) is 7.08. The molecular formula is C20H23NO6. The number of aryl methyl sites for hydroxylation is 1. The lowest BCUT2D eigenvalue weighted by Crippen LogP contribution is -2.30. The van der Waals surface area contributed by atoms with Crippen LogP contribution in [0, 0.1) is 18.8 Å². The molecule has 1 aromatic heterocycles. The van der Waals surface area contributed by atoms with Gasteiger partial charge in [-0.05, 0) is 37.0 Å². The number of nitrogens with zero attached hydrogens (tertiary/aromatic N) is 1. The maximum atomic E-state index is 12.5. The highest BCUT2D eigenvalue weighted by atomic mass is 16.5. The van der Waals surface area contributed by atoms with Crippen LogP contribution in [0.2, 0.25) is 0 Å².